The Morgan fingerprint density at radius 2 is 0.654 bits per heavy atom. The summed E-state index contributed by atoms with van der Waals surface area (Å²) in [5.74, 6) is -3.18. The molecule has 6 aromatic rings. The smallest absolute Gasteiger partial charge is 0.323 e. The van der Waals surface area contributed by atoms with Gasteiger partial charge in [-0.2, -0.15) is 0 Å². The third-order valence-electron chi connectivity index (χ3n) is 12.8. The van der Waals surface area contributed by atoms with Crippen LogP contribution in [-0.2, 0) is 76.8 Å². The molecule has 0 aliphatic heterocycles. The van der Waals surface area contributed by atoms with Crippen LogP contribution in [0.15, 0.2) is 133 Å². The molecule has 0 radical (unpaired) electrons. The summed E-state index contributed by atoms with van der Waals surface area (Å²) in [6.45, 7) is -0.198. The van der Waals surface area contributed by atoms with Gasteiger partial charge in [0.2, 0.25) is 0 Å². The number of fused-ring (bicyclic) bond motifs is 4. The van der Waals surface area contributed by atoms with E-state index in [4.69, 9.17) is 32.7 Å². The Hall–Kier alpha value is -7.88. The molecule has 0 fully saturated rings. The van der Waals surface area contributed by atoms with Crippen LogP contribution in [0.1, 0.15) is 112 Å². The minimum absolute atomic E-state index is 0. The monoisotopic (exact) mass is 1090 g/mol. The summed E-state index contributed by atoms with van der Waals surface area (Å²) < 4.78 is 9.82. The first kappa shape index (κ1) is 61.0. The quantitative estimate of drug-likeness (QED) is 0.0489. The van der Waals surface area contributed by atoms with Crippen molar-refractivity contribution in [2.24, 2.45) is 0 Å². The zero-order valence-electron chi connectivity index (χ0n) is 41.6. The lowest BCUT2D eigenvalue weighted by molar-refractivity contribution is -0.144. The van der Waals surface area contributed by atoms with Gasteiger partial charge in [0.15, 0.2) is 46.3 Å². The Morgan fingerprint density at radius 3 is 0.923 bits per heavy atom. The van der Waals surface area contributed by atoms with Crippen molar-refractivity contribution in [3.05, 3.63) is 211 Å². The molecule has 0 heterocycles. The molecule has 0 unspecified atom stereocenters. The highest BCUT2D eigenvalue weighted by Crippen LogP contribution is 2.31. The Kier molecular flexibility index (Phi) is 22.3. The zero-order valence-corrected chi connectivity index (χ0v) is 43.1. The molecule has 2 aliphatic carbocycles. The number of ketones is 8. The minimum atomic E-state index is -0.717. The number of methoxy groups -OCH3 is 2. The second-order valence-electron chi connectivity index (χ2n) is 18.3. The highest BCUT2D eigenvalue weighted by Gasteiger charge is 2.32. The number of benzene rings is 6. The molecule has 0 amide bonds. The van der Waals surface area contributed by atoms with Crippen molar-refractivity contribution in [3.63, 3.8) is 0 Å². The van der Waals surface area contributed by atoms with Gasteiger partial charge in [0, 0.05) is 70.2 Å². The molecule has 2 aliphatic rings. The number of esters is 2. The lowest BCUT2D eigenvalue weighted by atomic mass is 9.82. The van der Waals surface area contributed by atoms with Crippen molar-refractivity contribution >= 4 is 81.4 Å². The van der Waals surface area contributed by atoms with Gasteiger partial charge in [0.25, 0.3) is 0 Å². The molecule has 0 bridgehead atoms. The predicted molar refractivity (Wildman–Crippen MR) is 297 cm³/mol. The Morgan fingerprint density at radius 1 is 0.385 bits per heavy atom. The van der Waals surface area contributed by atoms with Gasteiger partial charge >= 0.3 is 11.9 Å². The molecule has 6 aromatic carbocycles. The number of Topliss-reactive ketones (excluding diaryl/α,β-unsaturated/α-hetero) is 4. The van der Waals surface area contributed by atoms with Crippen LogP contribution in [0.25, 0.3) is 0 Å². The van der Waals surface area contributed by atoms with Gasteiger partial charge in [-0.15, -0.1) is 23.2 Å². The summed E-state index contributed by atoms with van der Waals surface area (Å²) in [4.78, 5) is 126. The topological polar surface area (TPSA) is 213 Å². The number of rotatable bonds is 22. The summed E-state index contributed by atoms with van der Waals surface area (Å²) >= 11 is 11.1. The van der Waals surface area contributed by atoms with Gasteiger partial charge in [0.1, 0.15) is 12.1 Å². The number of alkyl halides is 2. The van der Waals surface area contributed by atoms with E-state index in [0.29, 0.717) is 46.2 Å². The van der Waals surface area contributed by atoms with Crippen LogP contribution in [0.2, 0.25) is 0 Å². The maximum absolute atomic E-state index is 13.7. The maximum atomic E-state index is 13.7. The van der Waals surface area contributed by atoms with Gasteiger partial charge in [0.05, 0.1) is 39.1 Å². The largest absolute Gasteiger partial charge is 0.468 e. The fourth-order valence-corrected chi connectivity index (χ4v) is 9.18. The van der Waals surface area contributed by atoms with Gasteiger partial charge in [-0.3, -0.25) is 58.6 Å². The molecule has 2 N–H and O–H groups in total. The van der Waals surface area contributed by atoms with E-state index >= 15 is 0 Å². The molecule has 14 nitrogen and oxygen atoms in total. The zero-order chi connectivity index (χ0) is 54.5. The number of ether oxygens (including phenoxy) is 2. The number of hydrogen-bond donors (Lipinski definition) is 2. The van der Waals surface area contributed by atoms with Crippen LogP contribution in [0.3, 0.4) is 0 Å². The molecule has 0 saturated heterocycles. The second-order valence-corrected chi connectivity index (χ2v) is 18.8. The fourth-order valence-electron chi connectivity index (χ4n) is 9.00. The van der Waals surface area contributed by atoms with Crippen LogP contribution in [-0.4, -0.2) is 109 Å². The molecule has 78 heavy (non-hydrogen) atoms. The molecule has 8 rings (SSSR count). The van der Waals surface area contributed by atoms with E-state index in [9.17, 15) is 47.9 Å². The van der Waals surface area contributed by atoms with E-state index < -0.39 is 24.0 Å². The van der Waals surface area contributed by atoms with Crippen LogP contribution < -0.4 is 10.6 Å². The van der Waals surface area contributed by atoms with Crippen LogP contribution in [0.4, 0.5) is 0 Å². The number of carbonyl (C=O) groups excluding carboxylic acids is 10. The molecule has 0 aromatic heterocycles. The predicted octanol–water partition coefficient (Wildman–Crippen LogP) is 7.87. The van der Waals surface area contributed by atoms with Crippen molar-refractivity contribution in [3.8, 4) is 0 Å². The van der Waals surface area contributed by atoms with E-state index in [1.54, 1.807) is 72.8 Å². The summed E-state index contributed by atoms with van der Waals surface area (Å²) in [6.07, 6.45) is 0.868. The van der Waals surface area contributed by atoms with Crippen molar-refractivity contribution in [2.45, 2.75) is 65.5 Å². The van der Waals surface area contributed by atoms with E-state index in [1.807, 2.05) is 60.7 Å². The maximum Gasteiger partial charge on any atom is 0.323 e. The normalized spacial score (nSPS) is 12.6. The summed E-state index contributed by atoms with van der Waals surface area (Å²) in [7, 11) is 2.59. The van der Waals surface area contributed by atoms with Crippen molar-refractivity contribution in [1.82, 2.24) is 10.6 Å². The third kappa shape index (κ3) is 15.2. The molecular weight excluding hydrogens is 1040 g/mol. The van der Waals surface area contributed by atoms with Crippen LogP contribution in [0.5, 0.6) is 0 Å². The average Bonchev–Trinajstić information content (AvgIpc) is 3.47. The van der Waals surface area contributed by atoms with Gasteiger partial charge in [-0.1, -0.05) is 124 Å². The Balaban J connectivity index is 0.000000337. The SMILES string of the molecule is C.C.COC(=O)[C@H](Cc1ccccc1)NCC(=O)Cc1ccc2c(c1)C(=O)c1cc(CC(=O)CN[C@H](Cc3ccccc3)C(=O)OC)ccc1C2=O.O=C(CCl)Cc1ccc2c(c1)C(=O)c1cc(CC(=O)CCl)ccc1C2=O. The first-order valence-electron chi connectivity index (χ1n) is 24.2. The molecule has 404 valence electrons. The summed E-state index contributed by atoms with van der Waals surface area (Å²) in [5.41, 5.74) is 6.20. The molecule has 0 saturated carbocycles. The van der Waals surface area contributed by atoms with Gasteiger partial charge in [-0.25, -0.2) is 0 Å². The number of halogens is 2. The lowest BCUT2D eigenvalue weighted by Crippen LogP contribution is -2.42. The van der Waals surface area contributed by atoms with Crippen molar-refractivity contribution in [2.75, 3.05) is 39.1 Å². The standard InChI is InChI=1S/C40H38N2O8.C20H14Cl2O4.2CH4/c1-49-39(47)35(21-25-9-5-3-6-10-25)41-23-29(43)17-27-13-15-31-33(19-27)38(46)34-20-28(14-16-32(34)37(31)45)18-30(44)24-42-36(40(48)50-2)22-26-11-7-4-8-12-26;21-9-13(23)5-11-1-3-15-17(7-11)20(26)18-8-12(6-14(24)10-22)2-4-16(18)19(15)25;;/h3-16,19-20,35-36,41-42H,17-18,21-24H2,1-2H3;1-4,7-8H,5-6,9-10H2;2*1H4/t35-,36+;;;. The van der Waals surface area contributed by atoms with Crippen molar-refractivity contribution in [1.29, 1.82) is 0 Å². The molecule has 16 heteroatoms. The molecular formula is C62H60Cl2N2O12. The van der Waals surface area contributed by atoms with E-state index in [0.717, 1.165) is 11.1 Å². The first-order valence-corrected chi connectivity index (χ1v) is 25.3. The minimum Gasteiger partial charge on any atom is -0.468 e. The average molecular weight is 1100 g/mol. The van der Waals surface area contributed by atoms with E-state index in [-0.39, 0.29) is 145 Å². The fraction of sp³-hybridized carbons (Fsp3) is 0.258. The second kappa shape index (κ2) is 28.5. The number of hydrogen-bond acceptors (Lipinski definition) is 14. The highest BCUT2D eigenvalue weighted by atomic mass is 35.5. The number of nitrogens with one attached hydrogen (secondary N) is 2. The van der Waals surface area contributed by atoms with Gasteiger partial charge in [-0.05, 0) is 70.5 Å². The lowest BCUT2D eigenvalue weighted by Gasteiger charge is -2.19. The molecule has 0 spiro atoms. The molecule has 2 atom stereocenters. The summed E-state index contributed by atoms with van der Waals surface area (Å²) in [6, 6.07) is 36.4. The highest BCUT2D eigenvalue weighted by molar-refractivity contribution is 6.30. The Labute approximate surface area is 463 Å². The Bertz CT molecular complexity index is 3060. The van der Waals surface area contributed by atoms with E-state index in [1.165, 1.54) is 14.2 Å². The van der Waals surface area contributed by atoms with Crippen LogP contribution >= 0.6 is 23.2 Å². The van der Waals surface area contributed by atoms with Gasteiger partial charge < -0.3 is 9.47 Å². The third-order valence-corrected chi connectivity index (χ3v) is 13.4. The van der Waals surface area contributed by atoms with Crippen molar-refractivity contribution < 1.29 is 57.4 Å². The number of carbonyl (C=O) groups is 10. The van der Waals surface area contributed by atoms with Crippen LogP contribution in [0, 0.1) is 0 Å². The summed E-state index contributed by atoms with van der Waals surface area (Å²) in [5, 5.41) is 5.97. The first-order chi connectivity index (χ1) is 36.6. The van der Waals surface area contributed by atoms with E-state index in [2.05, 4.69) is 10.6 Å².